The highest BCUT2D eigenvalue weighted by Crippen LogP contribution is 2.31. The van der Waals surface area contributed by atoms with E-state index in [4.69, 9.17) is 4.52 Å². The molecule has 4 aromatic rings. The molecule has 0 spiro atoms. The van der Waals surface area contributed by atoms with Gasteiger partial charge in [0.15, 0.2) is 16.8 Å². The van der Waals surface area contributed by atoms with Crippen molar-refractivity contribution in [3.8, 4) is 16.4 Å². The number of hydrogen-bond acceptors (Lipinski definition) is 7. The van der Waals surface area contributed by atoms with Crippen molar-refractivity contribution < 1.29 is 4.52 Å². The highest BCUT2D eigenvalue weighted by atomic mass is 32.2. The molecule has 8 heteroatoms. The van der Waals surface area contributed by atoms with Gasteiger partial charge < -0.3 is 4.52 Å². The van der Waals surface area contributed by atoms with Gasteiger partial charge in [0.2, 0.25) is 5.89 Å². The smallest absolute Gasteiger partial charge is 0.237 e. The summed E-state index contributed by atoms with van der Waals surface area (Å²) in [5, 5.41) is 15.7. The van der Waals surface area contributed by atoms with Gasteiger partial charge in [-0.1, -0.05) is 48.1 Å². The van der Waals surface area contributed by atoms with Crippen LogP contribution in [0.25, 0.3) is 16.4 Å². The standard InChI is InChI=1S/C18H17N5OS2/c1-2-7-15-19-16(24-22-15)12-26-18-21-20-17(14-10-6-11-25-14)23(18)13-8-4-3-5-9-13/h3-6,8-11H,2,7,12H2,1H3. The van der Waals surface area contributed by atoms with Crippen LogP contribution in [0.4, 0.5) is 0 Å². The first-order valence-corrected chi connectivity index (χ1v) is 10.2. The van der Waals surface area contributed by atoms with Gasteiger partial charge in [-0.3, -0.25) is 4.57 Å². The van der Waals surface area contributed by atoms with Gasteiger partial charge in [-0.25, -0.2) is 0 Å². The van der Waals surface area contributed by atoms with Crippen LogP contribution in [0, 0.1) is 0 Å². The van der Waals surface area contributed by atoms with Crippen molar-refractivity contribution in [2.24, 2.45) is 0 Å². The average molecular weight is 384 g/mol. The predicted octanol–water partition coefficient (Wildman–Crippen LogP) is 4.62. The predicted molar refractivity (Wildman–Crippen MR) is 103 cm³/mol. The summed E-state index contributed by atoms with van der Waals surface area (Å²) in [5.74, 6) is 2.77. The Balaban J connectivity index is 1.63. The van der Waals surface area contributed by atoms with Crippen molar-refractivity contribution in [1.82, 2.24) is 24.9 Å². The van der Waals surface area contributed by atoms with Crippen molar-refractivity contribution in [3.05, 3.63) is 59.6 Å². The molecule has 132 valence electrons. The second kappa shape index (κ2) is 7.84. The number of rotatable bonds is 7. The van der Waals surface area contributed by atoms with Crippen LogP contribution in [0.3, 0.4) is 0 Å². The van der Waals surface area contributed by atoms with E-state index < -0.39 is 0 Å². The van der Waals surface area contributed by atoms with Gasteiger partial charge in [-0.15, -0.1) is 21.5 Å². The van der Waals surface area contributed by atoms with Crippen molar-refractivity contribution in [3.63, 3.8) is 0 Å². The molecule has 0 aliphatic carbocycles. The van der Waals surface area contributed by atoms with E-state index in [0.29, 0.717) is 11.6 Å². The molecule has 4 rings (SSSR count). The van der Waals surface area contributed by atoms with E-state index in [0.717, 1.165) is 40.2 Å². The summed E-state index contributed by atoms with van der Waals surface area (Å²) in [5.41, 5.74) is 1.03. The van der Waals surface area contributed by atoms with E-state index in [-0.39, 0.29) is 0 Å². The highest BCUT2D eigenvalue weighted by Gasteiger charge is 2.18. The second-order valence-corrected chi connectivity index (χ2v) is 7.49. The molecule has 0 saturated heterocycles. The van der Waals surface area contributed by atoms with E-state index in [9.17, 15) is 0 Å². The number of aromatic nitrogens is 5. The van der Waals surface area contributed by atoms with Gasteiger partial charge in [-0.05, 0) is 30.0 Å². The molecule has 0 saturated carbocycles. The van der Waals surface area contributed by atoms with Gasteiger partial charge in [0.05, 0.1) is 10.6 Å². The highest BCUT2D eigenvalue weighted by molar-refractivity contribution is 7.98. The number of para-hydroxylation sites is 1. The van der Waals surface area contributed by atoms with Crippen LogP contribution in [-0.2, 0) is 12.2 Å². The molecule has 0 aliphatic heterocycles. The molecule has 1 aromatic carbocycles. The van der Waals surface area contributed by atoms with Crippen LogP contribution in [0.5, 0.6) is 0 Å². The summed E-state index contributed by atoms with van der Waals surface area (Å²) in [7, 11) is 0. The third-order valence-electron chi connectivity index (χ3n) is 3.70. The van der Waals surface area contributed by atoms with Crippen molar-refractivity contribution in [2.45, 2.75) is 30.7 Å². The number of aryl methyl sites for hydroxylation is 1. The average Bonchev–Trinajstić information content (AvgIpc) is 3.41. The lowest BCUT2D eigenvalue weighted by atomic mass is 10.3. The first kappa shape index (κ1) is 17.0. The van der Waals surface area contributed by atoms with E-state index >= 15 is 0 Å². The van der Waals surface area contributed by atoms with Crippen LogP contribution >= 0.6 is 23.1 Å². The minimum atomic E-state index is 0.562. The normalized spacial score (nSPS) is 11.1. The number of nitrogens with zero attached hydrogens (tertiary/aromatic N) is 5. The third-order valence-corrected chi connectivity index (χ3v) is 5.48. The molecular weight excluding hydrogens is 366 g/mol. The fourth-order valence-corrected chi connectivity index (χ4v) is 4.03. The van der Waals surface area contributed by atoms with Gasteiger partial charge >= 0.3 is 0 Å². The summed E-state index contributed by atoms with van der Waals surface area (Å²) in [6.45, 7) is 2.10. The summed E-state index contributed by atoms with van der Waals surface area (Å²) >= 11 is 3.19. The Morgan fingerprint density at radius 1 is 1.12 bits per heavy atom. The van der Waals surface area contributed by atoms with Crippen LogP contribution in [0.15, 0.2) is 57.5 Å². The SMILES string of the molecule is CCCc1noc(CSc2nnc(-c3cccs3)n2-c2ccccc2)n1. The van der Waals surface area contributed by atoms with E-state index in [1.807, 2.05) is 29.6 Å². The molecule has 3 heterocycles. The van der Waals surface area contributed by atoms with Gasteiger partial charge in [0.25, 0.3) is 0 Å². The quantitative estimate of drug-likeness (QED) is 0.434. The monoisotopic (exact) mass is 383 g/mol. The molecule has 26 heavy (non-hydrogen) atoms. The maximum Gasteiger partial charge on any atom is 0.237 e. The van der Waals surface area contributed by atoms with E-state index in [1.54, 1.807) is 23.1 Å². The molecule has 0 aliphatic rings. The van der Waals surface area contributed by atoms with Crippen molar-refractivity contribution in [2.75, 3.05) is 0 Å². The summed E-state index contributed by atoms with van der Waals surface area (Å²) in [6.07, 6.45) is 1.83. The number of thioether (sulfide) groups is 1. The van der Waals surface area contributed by atoms with Gasteiger partial charge in [0, 0.05) is 12.1 Å². The zero-order chi connectivity index (χ0) is 17.8. The molecule has 0 amide bonds. The Morgan fingerprint density at radius 3 is 2.77 bits per heavy atom. The van der Waals surface area contributed by atoms with E-state index in [2.05, 4.69) is 50.0 Å². The fraction of sp³-hybridized carbons (Fsp3) is 0.222. The molecular formula is C18H17N5OS2. The molecule has 6 nitrogen and oxygen atoms in total. The Morgan fingerprint density at radius 2 is 2.00 bits per heavy atom. The first-order valence-electron chi connectivity index (χ1n) is 8.34. The largest absolute Gasteiger partial charge is 0.338 e. The van der Waals surface area contributed by atoms with Crippen molar-refractivity contribution in [1.29, 1.82) is 0 Å². The molecule has 0 bridgehead atoms. The second-order valence-electron chi connectivity index (χ2n) is 5.60. The Kier molecular flexibility index (Phi) is 5.12. The Hall–Kier alpha value is -2.45. The van der Waals surface area contributed by atoms with E-state index in [1.165, 1.54) is 0 Å². The van der Waals surface area contributed by atoms with Crippen molar-refractivity contribution >= 4 is 23.1 Å². The molecule has 3 aromatic heterocycles. The number of hydrogen-bond donors (Lipinski definition) is 0. The molecule has 0 unspecified atom stereocenters. The van der Waals surface area contributed by atoms with Gasteiger partial charge in [0.1, 0.15) is 0 Å². The van der Waals surface area contributed by atoms with Crippen LogP contribution in [0.1, 0.15) is 25.1 Å². The molecule has 0 radical (unpaired) electrons. The maximum absolute atomic E-state index is 5.33. The lowest BCUT2D eigenvalue weighted by Crippen LogP contribution is -1.98. The summed E-state index contributed by atoms with van der Waals surface area (Å²) in [4.78, 5) is 5.50. The zero-order valence-electron chi connectivity index (χ0n) is 14.2. The zero-order valence-corrected chi connectivity index (χ0v) is 15.8. The van der Waals surface area contributed by atoms with Gasteiger partial charge in [-0.2, -0.15) is 4.98 Å². The topological polar surface area (TPSA) is 69.6 Å². The lowest BCUT2D eigenvalue weighted by molar-refractivity contribution is 0.384. The van der Waals surface area contributed by atoms with Crippen LogP contribution in [-0.4, -0.2) is 24.9 Å². The Bertz CT molecular complexity index is 963. The minimum absolute atomic E-state index is 0.562. The summed E-state index contributed by atoms with van der Waals surface area (Å²) < 4.78 is 7.40. The maximum atomic E-state index is 5.33. The summed E-state index contributed by atoms with van der Waals surface area (Å²) in [6, 6.07) is 14.2. The minimum Gasteiger partial charge on any atom is -0.338 e. The van der Waals surface area contributed by atoms with Crippen LogP contribution < -0.4 is 0 Å². The lowest BCUT2D eigenvalue weighted by Gasteiger charge is -2.08. The molecule has 0 fully saturated rings. The molecule has 0 atom stereocenters. The first-order chi connectivity index (χ1) is 12.8. The fourth-order valence-electron chi connectivity index (χ4n) is 2.54. The number of thiophene rings is 1. The third kappa shape index (κ3) is 3.56. The number of benzene rings is 1. The Labute approximate surface area is 159 Å². The molecule has 0 N–H and O–H groups in total. The van der Waals surface area contributed by atoms with Crippen LogP contribution in [0.2, 0.25) is 0 Å².